The first-order valence-corrected chi connectivity index (χ1v) is 7.33. The summed E-state index contributed by atoms with van der Waals surface area (Å²) in [4.78, 5) is 36.9. The standard InChI is InChI=1S/C14H25N3O4/c1-8(2)7-10(14(20)21)16-12(18)11-5-4-6-17(11)13(19)9(3)15/h8-11H,4-7,15H2,1-3H3,(H,16,18)(H,20,21). The fraction of sp³-hybridized carbons (Fsp3) is 0.786. The summed E-state index contributed by atoms with van der Waals surface area (Å²) in [6, 6.07) is -2.20. The van der Waals surface area contributed by atoms with Gasteiger partial charge in [-0.25, -0.2) is 4.79 Å². The molecule has 0 aromatic carbocycles. The van der Waals surface area contributed by atoms with E-state index in [9.17, 15) is 14.4 Å². The van der Waals surface area contributed by atoms with Crippen LogP contribution in [0, 0.1) is 5.92 Å². The van der Waals surface area contributed by atoms with Crippen molar-refractivity contribution in [2.45, 2.75) is 58.2 Å². The number of amides is 2. The average molecular weight is 299 g/mol. The molecule has 4 N–H and O–H groups in total. The number of carboxylic acids is 1. The third-order valence-corrected chi connectivity index (χ3v) is 3.55. The lowest BCUT2D eigenvalue weighted by atomic mass is 10.0. The Morgan fingerprint density at radius 2 is 1.95 bits per heavy atom. The second-order valence-corrected chi connectivity index (χ2v) is 6.01. The summed E-state index contributed by atoms with van der Waals surface area (Å²) in [7, 11) is 0. The van der Waals surface area contributed by atoms with Gasteiger partial charge >= 0.3 is 5.97 Å². The first kappa shape index (κ1) is 17.4. The number of carbonyl (C=O) groups is 3. The number of carbonyl (C=O) groups excluding carboxylic acids is 2. The highest BCUT2D eigenvalue weighted by atomic mass is 16.4. The Morgan fingerprint density at radius 3 is 2.43 bits per heavy atom. The Balaban J connectivity index is 2.72. The first-order valence-electron chi connectivity index (χ1n) is 7.33. The van der Waals surface area contributed by atoms with E-state index in [-0.39, 0.29) is 11.8 Å². The minimum Gasteiger partial charge on any atom is -0.480 e. The van der Waals surface area contributed by atoms with Crippen LogP contribution in [-0.4, -0.2) is 52.5 Å². The zero-order valence-electron chi connectivity index (χ0n) is 12.8. The number of nitrogens with two attached hydrogens (primary N) is 1. The summed E-state index contributed by atoms with van der Waals surface area (Å²) in [5, 5.41) is 11.7. The van der Waals surface area contributed by atoms with Gasteiger partial charge in [-0.05, 0) is 32.1 Å². The van der Waals surface area contributed by atoms with Crippen LogP contribution >= 0.6 is 0 Å². The number of aliphatic carboxylic acids is 1. The highest BCUT2D eigenvalue weighted by Gasteiger charge is 2.36. The van der Waals surface area contributed by atoms with Crippen molar-refractivity contribution in [3.05, 3.63) is 0 Å². The lowest BCUT2D eigenvalue weighted by Crippen LogP contribution is -2.53. The number of hydrogen-bond donors (Lipinski definition) is 3. The largest absolute Gasteiger partial charge is 0.480 e. The Bertz CT molecular complexity index is 409. The summed E-state index contributed by atoms with van der Waals surface area (Å²) < 4.78 is 0. The van der Waals surface area contributed by atoms with Crippen molar-refractivity contribution in [2.24, 2.45) is 11.7 Å². The molecule has 21 heavy (non-hydrogen) atoms. The summed E-state index contributed by atoms with van der Waals surface area (Å²) in [5.74, 6) is -1.59. The van der Waals surface area contributed by atoms with E-state index in [0.29, 0.717) is 19.4 Å². The van der Waals surface area contributed by atoms with E-state index in [4.69, 9.17) is 10.8 Å². The summed E-state index contributed by atoms with van der Waals surface area (Å²) in [6.45, 7) is 5.85. The van der Waals surface area contributed by atoms with Crippen LogP contribution in [0.2, 0.25) is 0 Å². The minimum absolute atomic E-state index is 0.150. The maximum atomic E-state index is 12.3. The van der Waals surface area contributed by atoms with Crippen molar-refractivity contribution in [3.8, 4) is 0 Å². The molecule has 1 saturated heterocycles. The Hall–Kier alpha value is -1.63. The third-order valence-electron chi connectivity index (χ3n) is 3.55. The highest BCUT2D eigenvalue weighted by molar-refractivity contribution is 5.92. The van der Waals surface area contributed by atoms with E-state index in [1.807, 2.05) is 13.8 Å². The Morgan fingerprint density at radius 1 is 1.33 bits per heavy atom. The molecule has 1 fully saturated rings. The second kappa shape index (κ2) is 7.40. The van der Waals surface area contributed by atoms with Gasteiger partial charge in [0.05, 0.1) is 6.04 Å². The highest BCUT2D eigenvalue weighted by Crippen LogP contribution is 2.19. The summed E-state index contributed by atoms with van der Waals surface area (Å²) in [6.07, 6.45) is 1.62. The van der Waals surface area contributed by atoms with Crippen molar-refractivity contribution in [1.29, 1.82) is 0 Å². The summed E-state index contributed by atoms with van der Waals surface area (Å²) >= 11 is 0. The van der Waals surface area contributed by atoms with Gasteiger partial charge in [-0.15, -0.1) is 0 Å². The minimum atomic E-state index is -1.06. The fourth-order valence-electron chi connectivity index (χ4n) is 2.53. The lowest BCUT2D eigenvalue weighted by molar-refractivity contribution is -0.144. The van der Waals surface area contributed by atoms with E-state index >= 15 is 0 Å². The molecule has 120 valence electrons. The van der Waals surface area contributed by atoms with Crippen molar-refractivity contribution < 1.29 is 19.5 Å². The molecule has 0 aliphatic carbocycles. The SMILES string of the molecule is CC(C)CC(NC(=O)C1CCCN1C(=O)C(C)N)C(=O)O. The normalized spacial score (nSPS) is 21.2. The third kappa shape index (κ3) is 4.70. The molecule has 7 nitrogen and oxygen atoms in total. The van der Waals surface area contributed by atoms with Crippen molar-refractivity contribution in [3.63, 3.8) is 0 Å². The molecule has 2 amide bonds. The smallest absolute Gasteiger partial charge is 0.326 e. The molecule has 0 aromatic heterocycles. The number of rotatable bonds is 6. The maximum absolute atomic E-state index is 12.3. The number of nitrogens with zero attached hydrogens (tertiary/aromatic N) is 1. The zero-order valence-corrected chi connectivity index (χ0v) is 12.8. The van der Waals surface area contributed by atoms with Crippen LogP contribution < -0.4 is 11.1 Å². The average Bonchev–Trinajstić information content (AvgIpc) is 2.85. The molecule has 0 saturated carbocycles. The molecule has 1 aliphatic rings. The molecule has 0 bridgehead atoms. The van der Waals surface area contributed by atoms with Gasteiger partial charge in [0.1, 0.15) is 12.1 Å². The van der Waals surface area contributed by atoms with Crippen molar-refractivity contribution in [2.75, 3.05) is 6.54 Å². The van der Waals surface area contributed by atoms with E-state index < -0.39 is 30.0 Å². The van der Waals surface area contributed by atoms with Crippen LogP contribution in [0.5, 0.6) is 0 Å². The van der Waals surface area contributed by atoms with Crippen LogP contribution in [0.1, 0.15) is 40.0 Å². The molecule has 1 heterocycles. The number of hydrogen-bond acceptors (Lipinski definition) is 4. The van der Waals surface area contributed by atoms with E-state index in [1.165, 1.54) is 4.90 Å². The van der Waals surface area contributed by atoms with Gasteiger partial charge in [0.15, 0.2) is 0 Å². The predicted molar refractivity (Wildman–Crippen MR) is 77.4 cm³/mol. The fourth-order valence-corrected chi connectivity index (χ4v) is 2.53. The lowest BCUT2D eigenvalue weighted by Gasteiger charge is -2.27. The topological polar surface area (TPSA) is 113 Å². The van der Waals surface area contributed by atoms with E-state index in [1.54, 1.807) is 6.92 Å². The van der Waals surface area contributed by atoms with Gasteiger partial charge < -0.3 is 21.1 Å². The van der Waals surface area contributed by atoms with E-state index in [2.05, 4.69) is 5.32 Å². The predicted octanol–water partition coefficient (Wildman–Crippen LogP) is -0.0599. The summed E-state index contributed by atoms with van der Waals surface area (Å²) in [5.41, 5.74) is 5.58. The Labute approximate surface area is 124 Å². The molecule has 3 atom stereocenters. The van der Waals surface area contributed by atoms with Crippen LogP contribution in [0.15, 0.2) is 0 Å². The van der Waals surface area contributed by atoms with Crippen LogP contribution in [0.3, 0.4) is 0 Å². The van der Waals surface area contributed by atoms with Crippen molar-refractivity contribution >= 4 is 17.8 Å². The second-order valence-electron chi connectivity index (χ2n) is 6.01. The van der Waals surface area contributed by atoms with Gasteiger partial charge in [0.2, 0.25) is 11.8 Å². The molecule has 0 aromatic rings. The Kier molecular flexibility index (Phi) is 6.14. The first-order chi connectivity index (χ1) is 9.73. The zero-order chi connectivity index (χ0) is 16.2. The monoisotopic (exact) mass is 299 g/mol. The quantitative estimate of drug-likeness (QED) is 0.636. The van der Waals surface area contributed by atoms with E-state index in [0.717, 1.165) is 6.42 Å². The number of carboxylic acid groups (broad SMARTS) is 1. The van der Waals surface area contributed by atoms with Crippen LogP contribution in [-0.2, 0) is 14.4 Å². The molecule has 1 rings (SSSR count). The van der Waals surface area contributed by atoms with Gasteiger partial charge in [-0.2, -0.15) is 0 Å². The van der Waals surface area contributed by atoms with Gasteiger partial charge in [-0.1, -0.05) is 13.8 Å². The maximum Gasteiger partial charge on any atom is 0.326 e. The molecular weight excluding hydrogens is 274 g/mol. The van der Waals surface area contributed by atoms with Crippen LogP contribution in [0.25, 0.3) is 0 Å². The molecule has 7 heteroatoms. The molecule has 1 aliphatic heterocycles. The molecule has 0 radical (unpaired) electrons. The number of likely N-dealkylation sites (tertiary alicyclic amines) is 1. The van der Waals surface area contributed by atoms with Gasteiger partial charge in [0.25, 0.3) is 0 Å². The molecular formula is C14H25N3O4. The van der Waals surface area contributed by atoms with Gasteiger partial charge in [0, 0.05) is 6.54 Å². The van der Waals surface area contributed by atoms with Crippen LogP contribution in [0.4, 0.5) is 0 Å². The number of nitrogens with one attached hydrogen (secondary N) is 1. The molecule has 3 unspecified atom stereocenters. The molecule has 0 spiro atoms. The van der Waals surface area contributed by atoms with Gasteiger partial charge in [-0.3, -0.25) is 9.59 Å². The van der Waals surface area contributed by atoms with Crippen molar-refractivity contribution in [1.82, 2.24) is 10.2 Å².